The van der Waals surface area contributed by atoms with Gasteiger partial charge in [0.15, 0.2) is 0 Å². The molecule has 0 unspecified atom stereocenters. The fourth-order valence-electron chi connectivity index (χ4n) is 0.723. The Balaban J connectivity index is 2.69. The Hall–Kier alpha value is -0.280. The minimum Gasteiger partial charge on any atom is -0.491 e. The van der Waals surface area contributed by atoms with Crippen LogP contribution in [0.2, 0.25) is 5.02 Å². The molecule has 0 spiro atoms. The van der Waals surface area contributed by atoms with Gasteiger partial charge >= 0.3 is 0 Å². The summed E-state index contributed by atoms with van der Waals surface area (Å²) in [6, 6.07) is 5.13. The summed E-state index contributed by atoms with van der Waals surface area (Å²) in [6.07, 6.45) is 0. The highest BCUT2D eigenvalue weighted by molar-refractivity contribution is 9.10. The molecule has 0 atom stereocenters. The topological polar surface area (TPSA) is 9.23 Å². The number of hydrogen-bond acceptors (Lipinski definition) is 1. The van der Waals surface area contributed by atoms with Gasteiger partial charge in [0, 0.05) is 4.47 Å². The lowest BCUT2D eigenvalue weighted by atomic mass is 10.3. The number of hydrogen-bond donors (Lipinski definition) is 0. The normalized spacial score (nSPS) is 9.92. The molecule has 1 aromatic rings. The summed E-state index contributed by atoms with van der Waals surface area (Å²) in [5.41, 5.74) is 0. The number of ether oxygens (including phenoxy) is 1. The van der Waals surface area contributed by atoms with E-state index in [-0.39, 0.29) is 6.61 Å². The van der Waals surface area contributed by atoms with E-state index >= 15 is 0 Å². The van der Waals surface area contributed by atoms with Crippen molar-refractivity contribution in [1.82, 2.24) is 0 Å². The Morgan fingerprint density at radius 2 is 2.25 bits per heavy atom. The summed E-state index contributed by atoms with van der Waals surface area (Å²) in [5.74, 6) is 0.584. The predicted octanol–water partition coefficient (Wildman–Crippen LogP) is 3.45. The van der Waals surface area contributed by atoms with Gasteiger partial charge in [-0.2, -0.15) is 0 Å². The van der Waals surface area contributed by atoms with Crippen LogP contribution < -0.4 is 4.74 Å². The lowest BCUT2D eigenvalue weighted by molar-refractivity contribution is 0.273. The maximum Gasteiger partial charge on any atom is 0.123 e. The Bertz CT molecular complexity index is 267. The van der Waals surface area contributed by atoms with E-state index in [4.69, 9.17) is 16.3 Å². The van der Waals surface area contributed by atoms with E-state index in [1.54, 1.807) is 18.2 Å². The van der Waals surface area contributed by atoms with E-state index < -0.39 is 6.67 Å². The molecule has 0 aliphatic heterocycles. The van der Waals surface area contributed by atoms with Crippen LogP contribution in [0.25, 0.3) is 0 Å². The molecule has 1 nitrogen and oxygen atoms in total. The van der Waals surface area contributed by atoms with Crippen LogP contribution >= 0.6 is 27.5 Å². The molecule has 0 fully saturated rings. The summed E-state index contributed by atoms with van der Waals surface area (Å²) >= 11 is 9.01. The van der Waals surface area contributed by atoms with Gasteiger partial charge in [-0.3, -0.25) is 0 Å². The molecule has 0 saturated heterocycles. The van der Waals surface area contributed by atoms with Gasteiger partial charge in [0.1, 0.15) is 19.0 Å². The van der Waals surface area contributed by atoms with Crippen molar-refractivity contribution in [2.24, 2.45) is 0 Å². The lowest BCUT2D eigenvalue weighted by Gasteiger charge is -2.03. The molecular formula is C8H7BrClFO. The third-order valence-corrected chi connectivity index (χ3v) is 2.47. The molecule has 0 aromatic heterocycles. The van der Waals surface area contributed by atoms with Crippen molar-refractivity contribution in [2.75, 3.05) is 13.3 Å². The molecule has 66 valence electrons. The van der Waals surface area contributed by atoms with E-state index in [2.05, 4.69) is 15.9 Å². The smallest absolute Gasteiger partial charge is 0.123 e. The molecule has 0 aliphatic rings. The first-order valence-electron chi connectivity index (χ1n) is 3.38. The van der Waals surface area contributed by atoms with Crippen LogP contribution in [0.3, 0.4) is 0 Å². The van der Waals surface area contributed by atoms with Crippen LogP contribution in [0.4, 0.5) is 4.39 Å². The van der Waals surface area contributed by atoms with Crippen molar-refractivity contribution in [3.8, 4) is 5.75 Å². The molecule has 0 aliphatic carbocycles. The molecule has 0 bridgehead atoms. The second kappa shape index (κ2) is 4.67. The van der Waals surface area contributed by atoms with E-state index in [9.17, 15) is 4.39 Å². The van der Waals surface area contributed by atoms with Crippen LogP contribution in [-0.4, -0.2) is 13.3 Å². The first-order valence-corrected chi connectivity index (χ1v) is 4.55. The predicted molar refractivity (Wildman–Crippen MR) is 50.6 cm³/mol. The minimum absolute atomic E-state index is 0.0674. The van der Waals surface area contributed by atoms with Crippen molar-refractivity contribution >= 4 is 27.5 Å². The van der Waals surface area contributed by atoms with E-state index in [0.29, 0.717) is 10.8 Å². The van der Waals surface area contributed by atoms with Crippen LogP contribution in [0.5, 0.6) is 5.75 Å². The maximum absolute atomic E-state index is 11.7. The van der Waals surface area contributed by atoms with Gasteiger partial charge < -0.3 is 4.74 Å². The first-order chi connectivity index (χ1) is 5.74. The Morgan fingerprint density at radius 1 is 1.50 bits per heavy atom. The quantitative estimate of drug-likeness (QED) is 0.802. The summed E-state index contributed by atoms with van der Waals surface area (Å²) in [6.45, 7) is -0.425. The lowest BCUT2D eigenvalue weighted by Crippen LogP contribution is -1.98. The van der Waals surface area contributed by atoms with Gasteiger partial charge in [0.05, 0.1) is 5.02 Å². The highest BCUT2D eigenvalue weighted by atomic mass is 79.9. The number of rotatable bonds is 3. The Kier molecular flexibility index (Phi) is 3.82. The fourth-order valence-corrected chi connectivity index (χ4v) is 1.14. The standard InChI is InChI=1S/C8H7BrClFO/c9-7-2-1-6(5-8(7)10)12-4-3-11/h1-2,5H,3-4H2. The van der Waals surface area contributed by atoms with E-state index in [1.807, 2.05) is 0 Å². The van der Waals surface area contributed by atoms with Crippen molar-refractivity contribution < 1.29 is 9.13 Å². The van der Waals surface area contributed by atoms with Crippen molar-refractivity contribution in [1.29, 1.82) is 0 Å². The SMILES string of the molecule is FCCOc1ccc(Br)c(Cl)c1. The second-order valence-corrected chi connectivity index (χ2v) is 3.37. The number of halogens is 3. The van der Waals surface area contributed by atoms with Crippen molar-refractivity contribution in [3.63, 3.8) is 0 Å². The zero-order valence-corrected chi connectivity index (χ0v) is 8.53. The molecule has 0 heterocycles. The van der Waals surface area contributed by atoms with Gasteiger partial charge in [-0.25, -0.2) is 4.39 Å². The molecule has 0 radical (unpaired) electrons. The Morgan fingerprint density at radius 3 is 2.83 bits per heavy atom. The molecule has 1 rings (SSSR count). The first kappa shape index (κ1) is 9.81. The molecule has 0 saturated carbocycles. The molecule has 1 aromatic carbocycles. The zero-order valence-electron chi connectivity index (χ0n) is 6.19. The van der Waals surface area contributed by atoms with E-state index in [1.165, 1.54) is 0 Å². The van der Waals surface area contributed by atoms with Gasteiger partial charge in [-0.05, 0) is 34.1 Å². The monoisotopic (exact) mass is 252 g/mol. The molecule has 4 heteroatoms. The maximum atomic E-state index is 11.7. The average molecular weight is 253 g/mol. The van der Waals surface area contributed by atoms with Crippen LogP contribution in [0.1, 0.15) is 0 Å². The molecular weight excluding hydrogens is 246 g/mol. The third kappa shape index (κ3) is 2.64. The van der Waals surface area contributed by atoms with Crippen molar-refractivity contribution in [3.05, 3.63) is 27.7 Å². The van der Waals surface area contributed by atoms with Gasteiger partial charge in [0.25, 0.3) is 0 Å². The molecule has 0 amide bonds. The second-order valence-electron chi connectivity index (χ2n) is 2.11. The van der Waals surface area contributed by atoms with Crippen LogP contribution in [0, 0.1) is 0 Å². The average Bonchev–Trinajstić information content (AvgIpc) is 2.07. The fraction of sp³-hybridized carbons (Fsp3) is 0.250. The van der Waals surface area contributed by atoms with E-state index in [0.717, 1.165) is 4.47 Å². The summed E-state index contributed by atoms with van der Waals surface area (Å²) in [5, 5.41) is 0.561. The van der Waals surface area contributed by atoms with Gasteiger partial charge in [-0.1, -0.05) is 11.6 Å². The zero-order chi connectivity index (χ0) is 8.97. The Labute approximate surface area is 83.6 Å². The van der Waals surface area contributed by atoms with Crippen molar-refractivity contribution in [2.45, 2.75) is 0 Å². The highest BCUT2D eigenvalue weighted by Gasteiger charge is 1.98. The summed E-state index contributed by atoms with van der Waals surface area (Å²) in [4.78, 5) is 0. The summed E-state index contributed by atoms with van der Waals surface area (Å²) in [7, 11) is 0. The minimum atomic E-state index is -0.492. The van der Waals surface area contributed by atoms with Gasteiger partial charge in [-0.15, -0.1) is 0 Å². The third-order valence-electron chi connectivity index (χ3n) is 1.24. The highest BCUT2D eigenvalue weighted by Crippen LogP contribution is 2.26. The molecule has 12 heavy (non-hydrogen) atoms. The van der Waals surface area contributed by atoms with Gasteiger partial charge in [0.2, 0.25) is 0 Å². The van der Waals surface area contributed by atoms with Crippen LogP contribution in [-0.2, 0) is 0 Å². The summed E-state index contributed by atoms with van der Waals surface area (Å²) < 4.78 is 17.5. The number of benzene rings is 1. The molecule has 0 N–H and O–H groups in total. The number of alkyl halides is 1. The van der Waals surface area contributed by atoms with Crippen LogP contribution in [0.15, 0.2) is 22.7 Å². The largest absolute Gasteiger partial charge is 0.491 e.